The summed E-state index contributed by atoms with van der Waals surface area (Å²) in [7, 11) is 2.03. The van der Waals surface area contributed by atoms with E-state index in [9.17, 15) is 0 Å². The zero-order valence-corrected chi connectivity index (χ0v) is 11.6. The second kappa shape index (κ2) is 4.48. The third-order valence-corrected chi connectivity index (χ3v) is 5.14. The molecule has 0 fully saturated rings. The number of aromatic nitrogens is 2. The molecule has 1 aliphatic rings. The first-order valence-corrected chi connectivity index (χ1v) is 7.57. The molecule has 17 heavy (non-hydrogen) atoms. The third kappa shape index (κ3) is 2.03. The minimum Gasteiger partial charge on any atom is -0.312 e. The first kappa shape index (κ1) is 11.3. The van der Waals surface area contributed by atoms with E-state index >= 15 is 0 Å². The van der Waals surface area contributed by atoms with Crippen LogP contribution < -0.4 is 5.32 Å². The molecule has 2 aromatic heterocycles. The molecule has 2 aromatic rings. The fourth-order valence-corrected chi connectivity index (χ4v) is 4.16. The summed E-state index contributed by atoms with van der Waals surface area (Å²) in [5, 5.41) is 7.68. The normalized spacial score (nSPS) is 19.3. The third-order valence-electron chi connectivity index (χ3n) is 3.14. The van der Waals surface area contributed by atoms with E-state index in [0.717, 1.165) is 22.1 Å². The van der Waals surface area contributed by atoms with E-state index in [1.165, 1.54) is 23.4 Å². The summed E-state index contributed by atoms with van der Waals surface area (Å²) in [5.41, 5.74) is 2.32. The Labute approximate surface area is 109 Å². The van der Waals surface area contributed by atoms with Crippen LogP contribution in [0.4, 0.5) is 0 Å². The van der Waals surface area contributed by atoms with Gasteiger partial charge in [-0.1, -0.05) is 0 Å². The fraction of sp³-hybridized carbons (Fsp3) is 0.500. The summed E-state index contributed by atoms with van der Waals surface area (Å²) in [6.07, 6.45) is 3.58. The van der Waals surface area contributed by atoms with Crippen LogP contribution >= 0.6 is 22.7 Å². The van der Waals surface area contributed by atoms with Gasteiger partial charge in [0, 0.05) is 16.3 Å². The van der Waals surface area contributed by atoms with Gasteiger partial charge in [0.05, 0.1) is 10.7 Å². The van der Waals surface area contributed by atoms with Crippen LogP contribution in [0.5, 0.6) is 0 Å². The van der Waals surface area contributed by atoms with E-state index in [4.69, 9.17) is 4.98 Å². The van der Waals surface area contributed by atoms with Gasteiger partial charge in [0.25, 0.3) is 0 Å². The molecule has 0 bridgehead atoms. The highest BCUT2D eigenvalue weighted by molar-refractivity contribution is 7.16. The Morgan fingerprint density at radius 3 is 3.00 bits per heavy atom. The molecule has 5 heteroatoms. The lowest BCUT2D eigenvalue weighted by atomic mass is 9.98. The van der Waals surface area contributed by atoms with Crippen molar-refractivity contribution in [2.45, 2.75) is 32.2 Å². The molecule has 1 atom stereocenters. The molecule has 90 valence electrons. The summed E-state index contributed by atoms with van der Waals surface area (Å²) < 4.78 is 0. The van der Waals surface area contributed by atoms with Crippen molar-refractivity contribution in [1.82, 2.24) is 15.3 Å². The highest BCUT2D eigenvalue weighted by Crippen LogP contribution is 2.37. The highest BCUT2D eigenvalue weighted by Gasteiger charge is 2.24. The Balaban J connectivity index is 2.01. The lowest BCUT2D eigenvalue weighted by molar-refractivity contribution is 0.501. The van der Waals surface area contributed by atoms with Gasteiger partial charge in [-0.2, -0.15) is 0 Å². The molecule has 1 N–H and O–H groups in total. The number of nitrogens with zero attached hydrogens (tertiary/aromatic N) is 2. The van der Waals surface area contributed by atoms with Gasteiger partial charge in [0.2, 0.25) is 0 Å². The molecule has 0 saturated heterocycles. The molecule has 0 aliphatic heterocycles. The number of fused-ring (bicyclic) bond motifs is 1. The van der Waals surface area contributed by atoms with Crippen LogP contribution in [0.3, 0.4) is 0 Å². The van der Waals surface area contributed by atoms with E-state index < -0.39 is 0 Å². The Kier molecular flexibility index (Phi) is 2.98. The average Bonchev–Trinajstić information content (AvgIpc) is 2.93. The molecule has 0 spiro atoms. The monoisotopic (exact) mass is 265 g/mol. The van der Waals surface area contributed by atoms with Crippen LogP contribution in [0.15, 0.2) is 5.38 Å². The summed E-state index contributed by atoms with van der Waals surface area (Å²) in [6.45, 7) is 2.04. The average molecular weight is 265 g/mol. The summed E-state index contributed by atoms with van der Waals surface area (Å²) in [4.78, 5) is 10.7. The Morgan fingerprint density at radius 2 is 2.29 bits per heavy atom. The number of aryl methyl sites for hydroxylation is 2. The van der Waals surface area contributed by atoms with E-state index in [2.05, 4.69) is 15.7 Å². The molecular formula is C12H15N3S2. The van der Waals surface area contributed by atoms with Crippen LogP contribution in [0.2, 0.25) is 0 Å². The SMILES string of the molecule is CNC1CCCc2nc(-c3csc(C)n3)sc21. The van der Waals surface area contributed by atoms with Crippen LogP contribution in [0.1, 0.15) is 34.5 Å². The molecule has 1 aliphatic carbocycles. The lowest BCUT2D eigenvalue weighted by Crippen LogP contribution is -2.19. The molecule has 1 unspecified atom stereocenters. The van der Waals surface area contributed by atoms with Crippen molar-refractivity contribution in [2.24, 2.45) is 0 Å². The Morgan fingerprint density at radius 1 is 1.41 bits per heavy atom. The molecule has 3 rings (SSSR count). The van der Waals surface area contributed by atoms with Crippen LogP contribution in [-0.4, -0.2) is 17.0 Å². The second-order valence-electron chi connectivity index (χ2n) is 4.32. The molecule has 0 aromatic carbocycles. The minimum absolute atomic E-state index is 0.490. The van der Waals surface area contributed by atoms with E-state index in [1.807, 2.05) is 14.0 Å². The van der Waals surface area contributed by atoms with Crippen molar-refractivity contribution in [1.29, 1.82) is 0 Å². The maximum absolute atomic E-state index is 4.76. The van der Waals surface area contributed by atoms with Gasteiger partial charge in [0.1, 0.15) is 10.7 Å². The number of rotatable bonds is 2. The van der Waals surface area contributed by atoms with E-state index in [0.29, 0.717) is 6.04 Å². The zero-order chi connectivity index (χ0) is 11.8. The quantitative estimate of drug-likeness (QED) is 0.906. The maximum atomic E-state index is 4.76. The van der Waals surface area contributed by atoms with Gasteiger partial charge >= 0.3 is 0 Å². The van der Waals surface area contributed by atoms with E-state index in [-0.39, 0.29) is 0 Å². The van der Waals surface area contributed by atoms with Gasteiger partial charge in [-0.05, 0) is 33.2 Å². The first-order valence-electron chi connectivity index (χ1n) is 5.87. The highest BCUT2D eigenvalue weighted by atomic mass is 32.1. The predicted octanol–water partition coefficient (Wildman–Crippen LogP) is 3.17. The standard InChI is InChI=1S/C12H15N3S2/c1-7-14-10(6-16-7)12-15-9-5-3-4-8(13-2)11(9)17-12/h6,8,13H,3-5H2,1-2H3. The van der Waals surface area contributed by atoms with Gasteiger partial charge in [-0.25, -0.2) is 9.97 Å². The van der Waals surface area contributed by atoms with Crippen LogP contribution in [0.25, 0.3) is 10.7 Å². The topological polar surface area (TPSA) is 37.8 Å². The maximum Gasteiger partial charge on any atom is 0.143 e. The van der Waals surface area contributed by atoms with Crippen LogP contribution in [-0.2, 0) is 6.42 Å². The summed E-state index contributed by atoms with van der Waals surface area (Å²) in [6, 6.07) is 0.490. The van der Waals surface area contributed by atoms with Gasteiger partial charge in [0.15, 0.2) is 0 Å². The second-order valence-corrected chi connectivity index (χ2v) is 6.41. The van der Waals surface area contributed by atoms with Crippen molar-refractivity contribution in [3.8, 4) is 10.7 Å². The summed E-state index contributed by atoms with van der Waals surface area (Å²) in [5.74, 6) is 0. The number of hydrogen-bond donors (Lipinski definition) is 1. The summed E-state index contributed by atoms with van der Waals surface area (Å²) >= 11 is 3.50. The smallest absolute Gasteiger partial charge is 0.143 e. The van der Waals surface area contributed by atoms with Crippen molar-refractivity contribution in [2.75, 3.05) is 7.05 Å². The Hall–Kier alpha value is -0.780. The van der Waals surface area contributed by atoms with Crippen molar-refractivity contribution >= 4 is 22.7 Å². The largest absolute Gasteiger partial charge is 0.312 e. The van der Waals surface area contributed by atoms with E-state index in [1.54, 1.807) is 22.7 Å². The predicted molar refractivity (Wildman–Crippen MR) is 72.7 cm³/mol. The first-order chi connectivity index (χ1) is 8.28. The molecule has 3 nitrogen and oxygen atoms in total. The fourth-order valence-electron chi connectivity index (χ4n) is 2.27. The van der Waals surface area contributed by atoms with Gasteiger partial charge < -0.3 is 5.32 Å². The van der Waals surface area contributed by atoms with Crippen molar-refractivity contribution in [3.05, 3.63) is 21.0 Å². The molecule has 0 radical (unpaired) electrons. The number of hydrogen-bond acceptors (Lipinski definition) is 5. The molecular weight excluding hydrogens is 250 g/mol. The molecule has 2 heterocycles. The molecule has 0 saturated carbocycles. The zero-order valence-electron chi connectivity index (χ0n) is 9.99. The number of thiazole rings is 2. The van der Waals surface area contributed by atoms with Gasteiger partial charge in [-0.3, -0.25) is 0 Å². The van der Waals surface area contributed by atoms with Gasteiger partial charge in [-0.15, -0.1) is 22.7 Å². The molecule has 0 amide bonds. The lowest BCUT2D eigenvalue weighted by Gasteiger charge is -2.19. The van der Waals surface area contributed by atoms with Crippen molar-refractivity contribution in [3.63, 3.8) is 0 Å². The Bertz CT molecular complexity index is 530. The van der Waals surface area contributed by atoms with Crippen molar-refractivity contribution < 1.29 is 0 Å². The number of nitrogens with one attached hydrogen (secondary N) is 1. The minimum atomic E-state index is 0.490. The van der Waals surface area contributed by atoms with Crippen LogP contribution in [0, 0.1) is 6.92 Å².